The third-order valence-corrected chi connectivity index (χ3v) is 2.67. The van der Waals surface area contributed by atoms with Crippen molar-refractivity contribution in [2.24, 2.45) is 0 Å². The summed E-state index contributed by atoms with van der Waals surface area (Å²) < 4.78 is 1.59. The summed E-state index contributed by atoms with van der Waals surface area (Å²) in [7, 11) is 0. The molecule has 0 saturated carbocycles. The third kappa shape index (κ3) is 3.92. The second-order valence-corrected chi connectivity index (χ2v) is 4.20. The fraction of sp³-hybridized carbons (Fsp3) is 0.417. The number of aliphatic hydroxyl groups is 1. The maximum atomic E-state index is 11.7. The van der Waals surface area contributed by atoms with Crippen LogP contribution < -0.4 is 10.7 Å². The van der Waals surface area contributed by atoms with Crippen LogP contribution in [0.1, 0.15) is 11.4 Å². The zero-order chi connectivity index (χ0) is 14.6. The number of carbonyl (C=O) groups is 2. The number of nitrogens with one attached hydrogen (secondary N) is 1. The van der Waals surface area contributed by atoms with Gasteiger partial charge in [-0.3, -0.25) is 9.59 Å². The minimum atomic E-state index is -1.33. The van der Waals surface area contributed by atoms with E-state index in [1.807, 2.05) is 0 Å². The number of aromatic nitrogens is 1. The van der Waals surface area contributed by atoms with E-state index < -0.39 is 24.5 Å². The van der Waals surface area contributed by atoms with Gasteiger partial charge >= 0.3 is 5.97 Å². The highest BCUT2D eigenvalue weighted by Gasteiger charge is 2.19. The lowest BCUT2D eigenvalue weighted by molar-refractivity contribution is -0.143. The molecule has 1 amide bonds. The van der Waals surface area contributed by atoms with E-state index in [1.165, 1.54) is 12.1 Å². The van der Waals surface area contributed by atoms with Gasteiger partial charge in [0.05, 0.1) is 6.61 Å². The SMILES string of the molecule is Cc1cc(=O)cc(C)n1CC(=O)NC(CO)C(=O)O. The summed E-state index contributed by atoms with van der Waals surface area (Å²) in [5.41, 5.74) is 1.07. The van der Waals surface area contributed by atoms with Gasteiger partial charge in [-0.2, -0.15) is 0 Å². The zero-order valence-corrected chi connectivity index (χ0v) is 10.7. The Bertz CT molecular complexity index is 523. The predicted octanol–water partition coefficient (Wildman–Crippen LogP) is -0.973. The van der Waals surface area contributed by atoms with Crippen molar-refractivity contribution in [3.63, 3.8) is 0 Å². The minimum Gasteiger partial charge on any atom is -0.480 e. The molecule has 0 aliphatic heterocycles. The van der Waals surface area contributed by atoms with Crippen LogP contribution in [-0.4, -0.2) is 39.3 Å². The van der Waals surface area contributed by atoms with Crippen LogP contribution in [0.4, 0.5) is 0 Å². The van der Waals surface area contributed by atoms with Crippen molar-refractivity contribution in [1.29, 1.82) is 0 Å². The number of carboxylic acid groups (broad SMARTS) is 1. The van der Waals surface area contributed by atoms with Gasteiger partial charge in [-0.15, -0.1) is 0 Å². The molecule has 1 unspecified atom stereocenters. The third-order valence-electron chi connectivity index (χ3n) is 2.67. The van der Waals surface area contributed by atoms with Crippen LogP contribution in [0.15, 0.2) is 16.9 Å². The molecule has 1 aromatic heterocycles. The Morgan fingerprint density at radius 1 is 1.32 bits per heavy atom. The lowest BCUT2D eigenvalue weighted by atomic mass is 10.2. The molecule has 0 aromatic carbocycles. The smallest absolute Gasteiger partial charge is 0.328 e. The van der Waals surface area contributed by atoms with E-state index in [1.54, 1.807) is 18.4 Å². The summed E-state index contributed by atoms with van der Waals surface area (Å²) in [5, 5.41) is 19.7. The van der Waals surface area contributed by atoms with Gasteiger partial charge in [0.25, 0.3) is 0 Å². The van der Waals surface area contributed by atoms with E-state index in [4.69, 9.17) is 10.2 Å². The van der Waals surface area contributed by atoms with Crippen molar-refractivity contribution in [3.05, 3.63) is 33.7 Å². The number of hydrogen-bond acceptors (Lipinski definition) is 4. The minimum absolute atomic E-state index is 0.109. The van der Waals surface area contributed by atoms with E-state index in [-0.39, 0.29) is 12.0 Å². The van der Waals surface area contributed by atoms with Gasteiger partial charge in [0, 0.05) is 23.5 Å². The largest absolute Gasteiger partial charge is 0.480 e. The van der Waals surface area contributed by atoms with Crippen LogP contribution in [-0.2, 0) is 16.1 Å². The zero-order valence-electron chi connectivity index (χ0n) is 10.7. The van der Waals surface area contributed by atoms with Gasteiger partial charge < -0.3 is 20.1 Å². The molecule has 1 heterocycles. The standard InChI is InChI=1S/C12H16N2O5/c1-7-3-9(16)4-8(2)14(7)5-11(17)13-10(6-15)12(18)19/h3-4,10,15H,5-6H2,1-2H3,(H,13,17)(H,18,19). The summed E-state index contributed by atoms with van der Waals surface area (Å²) in [6.07, 6.45) is 0. The van der Waals surface area contributed by atoms with Crippen molar-refractivity contribution < 1.29 is 19.8 Å². The average Bonchev–Trinajstić information content (AvgIpc) is 2.30. The van der Waals surface area contributed by atoms with Crippen molar-refractivity contribution in [1.82, 2.24) is 9.88 Å². The quantitative estimate of drug-likeness (QED) is 0.636. The molecule has 104 valence electrons. The van der Waals surface area contributed by atoms with Crippen molar-refractivity contribution >= 4 is 11.9 Å². The Hall–Kier alpha value is -2.15. The topological polar surface area (TPSA) is 109 Å². The number of nitrogens with zero attached hydrogens (tertiary/aromatic N) is 1. The highest BCUT2D eigenvalue weighted by Crippen LogP contribution is 2.01. The normalized spacial score (nSPS) is 11.9. The Morgan fingerprint density at radius 3 is 2.26 bits per heavy atom. The van der Waals surface area contributed by atoms with Gasteiger partial charge in [-0.25, -0.2) is 4.79 Å². The first-order valence-corrected chi connectivity index (χ1v) is 5.66. The number of pyridine rings is 1. The molecule has 1 rings (SSSR count). The fourth-order valence-corrected chi connectivity index (χ4v) is 1.71. The Morgan fingerprint density at radius 2 is 1.84 bits per heavy atom. The molecule has 0 aliphatic rings. The average molecular weight is 268 g/mol. The first-order valence-electron chi connectivity index (χ1n) is 5.66. The van der Waals surface area contributed by atoms with E-state index in [0.717, 1.165) is 0 Å². The second kappa shape index (κ2) is 6.14. The van der Waals surface area contributed by atoms with Crippen LogP contribution in [0.5, 0.6) is 0 Å². The lowest BCUT2D eigenvalue weighted by Crippen LogP contribution is -2.44. The molecule has 7 heteroatoms. The number of rotatable bonds is 5. The number of aryl methyl sites for hydroxylation is 2. The van der Waals surface area contributed by atoms with Crippen molar-refractivity contribution in [3.8, 4) is 0 Å². The maximum absolute atomic E-state index is 11.7. The van der Waals surface area contributed by atoms with Crippen LogP contribution in [0.2, 0.25) is 0 Å². The molecular formula is C12H16N2O5. The van der Waals surface area contributed by atoms with E-state index in [0.29, 0.717) is 11.4 Å². The molecule has 0 fully saturated rings. The van der Waals surface area contributed by atoms with Crippen LogP contribution in [0, 0.1) is 13.8 Å². The molecule has 0 spiro atoms. The molecule has 0 bridgehead atoms. The number of aliphatic hydroxyl groups excluding tert-OH is 1. The summed E-state index contributed by atoms with van der Waals surface area (Å²) in [4.78, 5) is 33.6. The van der Waals surface area contributed by atoms with E-state index >= 15 is 0 Å². The molecule has 7 nitrogen and oxygen atoms in total. The van der Waals surface area contributed by atoms with E-state index in [2.05, 4.69) is 5.32 Å². The highest BCUT2D eigenvalue weighted by atomic mass is 16.4. The molecule has 3 N–H and O–H groups in total. The number of amides is 1. The van der Waals surface area contributed by atoms with Gasteiger partial charge in [-0.1, -0.05) is 0 Å². The predicted molar refractivity (Wildman–Crippen MR) is 66.8 cm³/mol. The van der Waals surface area contributed by atoms with Gasteiger partial charge in [0.2, 0.25) is 5.91 Å². The van der Waals surface area contributed by atoms with Gasteiger partial charge in [-0.05, 0) is 13.8 Å². The molecule has 19 heavy (non-hydrogen) atoms. The monoisotopic (exact) mass is 268 g/mol. The first kappa shape index (κ1) is 14.9. The number of hydrogen-bond donors (Lipinski definition) is 3. The molecule has 1 atom stereocenters. The van der Waals surface area contributed by atoms with Crippen molar-refractivity contribution in [2.75, 3.05) is 6.61 Å². The van der Waals surface area contributed by atoms with Crippen molar-refractivity contribution in [2.45, 2.75) is 26.4 Å². The van der Waals surface area contributed by atoms with Crippen LogP contribution >= 0.6 is 0 Å². The van der Waals surface area contributed by atoms with Gasteiger partial charge in [0.1, 0.15) is 12.6 Å². The summed E-state index contributed by atoms with van der Waals surface area (Å²) in [5.74, 6) is -1.85. The fourth-order valence-electron chi connectivity index (χ4n) is 1.71. The molecule has 1 aromatic rings. The van der Waals surface area contributed by atoms with Crippen LogP contribution in [0.25, 0.3) is 0 Å². The lowest BCUT2D eigenvalue weighted by Gasteiger charge is -2.16. The highest BCUT2D eigenvalue weighted by molar-refractivity contribution is 5.83. The summed E-state index contributed by atoms with van der Waals surface area (Å²) in [6.45, 7) is 2.58. The molecule has 0 radical (unpaired) electrons. The number of carbonyl (C=O) groups excluding carboxylic acids is 1. The molecule has 0 aliphatic carbocycles. The Balaban J connectivity index is 2.83. The van der Waals surface area contributed by atoms with Gasteiger partial charge in [0.15, 0.2) is 5.43 Å². The Kier molecular flexibility index (Phi) is 4.82. The Labute approximate surface area is 109 Å². The second-order valence-electron chi connectivity index (χ2n) is 4.20. The molecular weight excluding hydrogens is 252 g/mol. The van der Waals surface area contributed by atoms with Crippen LogP contribution in [0.3, 0.4) is 0 Å². The summed E-state index contributed by atoms with van der Waals surface area (Å²) >= 11 is 0. The number of carboxylic acids is 1. The molecule has 0 saturated heterocycles. The number of aliphatic carboxylic acids is 1. The van der Waals surface area contributed by atoms with E-state index in [9.17, 15) is 14.4 Å². The summed E-state index contributed by atoms with van der Waals surface area (Å²) in [6, 6.07) is 1.45. The maximum Gasteiger partial charge on any atom is 0.328 e. The first-order chi connectivity index (χ1) is 8.85.